The van der Waals surface area contributed by atoms with Gasteiger partial charge in [0.1, 0.15) is 10.6 Å². The number of hydrogen-bond donors (Lipinski definition) is 4. The van der Waals surface area contributed by atoms with Crippen molar-refractivity contribution in [1.82, 2.24) is 15.6 Å². The topological polar surface area (TPSA) is 138 Å². The number of benzene rings is 1. The lowest BCUT2D eigenvalue weighted by Crippen LogP contribution is -2.41. The lowest BCUT2D eigenvalue weighted by Gasteiger charge is -2.14. The summed E-state index contributed by atoms with van der Waals surface area (Å²) in [6.45, 7) is 8.16. The van der Waals surface area contributed by atoms with Gasteiger partial charge in [0, 0.05) is 12.6 Å². The number of aryl methyl sites for hydroxylation is 2. The van der Waals surface area contributed by atoms with E-state index in [0.717, 1.165) is 18.4 Å². The van der Waals surface area contributed by atoms with Crippen LogP contribution in [0.1, 0.15) is 57.8 Å². The minimum absolute atomic E-state index is 0.147. The van der Waals surface area contributed by atoms with Crippen molar-refractivity contribution < 1.29 is 29.3 Å². The second-order valence-electron chi connectivity index (χ2n) is 7.18. The summed E-state index contributed by atoms with van der Waals surface area (Å²) in [6, 6.07) is 10.5. The Morgan fingerprint density at radius 1 is 1.19 bits per heavy atom. The highest BCUT2D eigenvalue weighted by atomic mass is 32.1. The number of rotatable bonds is 10. The van der Waals surface area contributed by atoms with Crippen molar-refractivity contribution in [3.63, 3.8) is 0 Å². The summed E-state index contributed by atoms with van der Waals surface area (Å²) in [7, 11) is 0. The number of amides is 2. The van der Waals surface area contributed by atoms with Crippen molar-refractivity contribution in [3.05, 3.63) is 62.8 Å². The van der Waals surface area contributed by atoms with E-state index in [1.165, 1.54) is 22.7 Å². The van der Waals surface area contributed by atoms with Gasteiger partial charge < -0.3 is 25.6 Å². The SMILES string of the molecule is CC.Cc1nc(OCCCc2cccc(O)c2)sc1C(=O)NC(C)CNC(=O)c1cccs1.O=CO. The molecule has 0 aliphatic heterocycles. The first-order valence-electron chi connectivity index (χ1n) is 11.4. The fourth-order valence-electron chi connectivity index (χ4n) is 2.87. The van der Waals surface area contributed by atoms with Gasteiger partial charge in [-0.15, -0.1) is 11.3 Å². The Balaban J connectivity index is 0.00000120. The van der Waals surface area contributed by atoms with Crippen LogP contribution >= 0.6 is 22.7 Å². The number of nitrogens with one attached hydrogen (secondary N) is 2. The van der Waals surface area contributed by atoms with Crippen LogP contribution in [0, 0.1) is 6.92 Å². The summed E-state index contributed by atoms with van der Waals surface area (Å²) in [5.41, 5.74) is 1.65. The van der Waals surface area contributed by atoms with Gasteiger partial charge in [0.25, 0.3) is 23.5 Å². The summed E-state index contributed by atoms with van der Waals surface area (Å²) >= 11 is 2.58. The minimum atomic E-state index is -0.250. The van der Waals surface area contributed by atoms with Crippen LogP contribution in [-0.2, 0) is 11.2 Å². The molecule has 36 heavy (non-hydrogen) atoms. The Morgan fingerprint density at radius 3 is 2.56 bits per heavy atom. The Kier molecular flexibility index (Phi) is 14.5. The molecule has 0 aliphatic carbocycles. The molecule has 2 aromatic heterocycles. The van der Waals surface area contributed by atoms with Crippen molar-refractivity contribution in [3.8, 4) is 10.9 Å². The third-order valence-electron chi connectivity index (χ3n) is 4.42. The largest absolute Gasteiger partial charge is 0.508 e. The third-order valence-corrected chi connectivity index (χ3v) is 6.36. The predicted octanol–water partition coefficient (Wildman–Crippen LogP) is 4.51. The molecule has 0 radical (unpaired) electrons. The van der Waals surface area contributed by atoms with E-state index in [-0.39, 0.29) is 30.1 Å². The maximum Gasteiger partial charge on any atom is 0.290 e. The first-order chi connectivity index (χ1) is 17.3. The van der Waals surface area contributed by atoms with Crippen molar-refractivity contribution >= 4 is 41.0 Å². The summed E-state index contributed by atoms with van der Waals surface area (Å²) in [6.07, 6.45) is 1.55. The summed E-state index contributed by atoms with van der Waals surface area (Å²) < 4.78 is 5.70. The molecular weight excluding hydrogens is 502 g/mol. The molecule has 0 fully saturated rings. The van der Waals surface area contributed by atoms with Gasteiger partial charge in [0.2, 0.25) is 0 Å². The zero-order valence-corrected chi connectivity index (χ0v) is 22.4. The van der Waals surface area contributed by atoms with Crippen LogP contribution in [0.25, 0.3) is 0 Å². The van der Waals surface area contributed by atoms with E-state index in [4.69, 9.17) is 14.6 Å². The maximum absolute atomic E-state index is 12.6. The molecule has 0 spiro atoms. The normalized spacial score (nSPS) is 10.6. The Labute approximate surface area is 219 Å². The molecule has 0 saturated heterocycles. The highest BCUT2D eigenvalue weighted by Crippen LogP contribution is 2.25. The van der Waals surface area contributed by atoms with Crippen LogP contribution in [0.4, 0.5) is 0 Å². The van der Waals surface area contributed by atoms with Crippen LogP contribution in [0.15, 0.2) is 41.8 Å². The van der Waals surface area contributed by atoms with E-state index in [9.17, 15) is 14.7 Å². The monoisotopic (exact) mass is 535 g/mol. The number of carbonyl (C=O) groups is 3. The molecule has 2 amide bonds. The number of phenolic OH excluding ortho intramolecular Hbond substituents is 1. The van der Waals surface area contributed by atoms with Crippen LogP contribution in [0.2, 0.25) is 0 Å². The van der Waals surface area contributed by atoms with Crippen molar-refractivity contribution in [2.24, 2.45) is 0 Å². The van der Waals surface area contributed by atoms with Crippen LogP contribution < -0.4 is 15.4 Å². The average Bonchev–Trinajstić information content (AvgIpc) is 3.52. The van der Waals surface area contributed by atoms with Crippen LogP contribution in [0.5, 0.6) is 10.9 Å². The zero-order valence-electron chi connectivity index (χ0n) is 20.8. The van der Waals surface area contributed by atoms with Crippen molar-refractivity contribution in [1.29, 1.82) is 0 Å². The van der Waals surface area contributed by atoms with E-state index < -0.39 is 0 Å². The minimum Gasteiger partial charge on any atom is -0.508 e. The standard InChI is InChI=1S/C22H25N3O4S2.C2H6.CH2O2/c1-14(13-23-20(27)18-9-5-11-30-18)24-21(28)19-15(2)25-22(31-19)29-10-4-7-16-6-3-8-17(26)12-16;1-2;2-1-3/h3,5-6,8-9,11-12,14,26H,4,7,10,13H2,1-2H3,(H,23,27)(H,24,28);1-2H3;1H,(H,2,3). The summed E-state index contributed by atoms with van der Waals surface area (Å²) in [5.74, 6) is -0.126. The number of thiophene rings is 1. The first kappa shape index (κ1) is 30.6. The average molecular weight is 536 g/mol. The summed E-state index contributed by atoms with van der Waals surface area (Å²) in [4.78, 5) is 38.4. The van der Waals surface area contributed by atoms with E-state index >= 15 is 0 Å². The molecule has 3 rings (SSSR count). The number of carbonyl (C=O) groups excluding carboxylic acids is 2. The first-order valence-corrected chi connectivity index (χ1v) is 13.1. The van der Waals surface area contributed by atoms with Gasteiger partial charge in [0.15, 0.2) is 0 Å². The smallest absolute Gasteiger partial charge is 0.290 e. The molecule has 4 N–H and O–H groups in total. The molecule has 2 heterocycles. The van der Waals surface area contributed by atoms with Gasteiger partial charge >= 0.3 is 0 Å². The van der Waals surface area contributed by atoms with Gasteiger partial charge in [-0.1, -0.05) is 43.4 Å². The number of ether oxygens (including phenoxy) is 1. The number of carboxylic acid groups (broad SMARTS) is 1. The van der Waals surface area contributed by atoms with Crippen LogP contribution in [-0.4, -0.2) is 52.7 Å². The Bertz CT molecular complexity index is 1070. The number of aromatic hydroxyl groups is 1. The fraction of sp³-hybridized carbons (Fsp3) is 0.360. The van der Waals surface area contributed by atoms with E-state index in [2.05, 4.69) is 15.6 Å². The van der Waals surface area contributed by atoms with Crippen LogP contribution in [0.3, 0.4) is 0 Å². The maximum atomic E-state index is 12.6. The number of nitrogens with zero attached hydrogens (tertiary/aromatic N) is 1. The number of hydrogen-bond acceptors (Lipinski definition) is 8. The Morgan fingerprint density at radius 2 is 1.92 bits per heavy atom. The number of phenols is 1. The van der Waals surface area contributed by atoms with Gasteiger partial charge in [-0.2, -0.15) is 0 Å². The molecule has 0 aliphatic rings. The second kappa shape index (κ2) is 17.1. The van der Waals surface area contributed by atoms with Gasteiger partial charge in [0.05, 0.1) is 17.2 Å². The molecule has 1 aromatic carbocycles. The van der Waals surface area contributed by atoms with E-state index in [0.29, 0.717) is 33.8 Å². The number of thiazole rings is 1. The highest BCUT2D eigenvalue weighted by Gasteiger charge is 2.18. The lowest BCUT2D eigenvalue weighted by molar-refractivity contribution is -0.122. The second-order valence-corrected chi connectivity index (χ2v) is 9.09. The van der Waals surface area contributed by atoms with E-state index in [1.54, 1.807) is 25.1 Å². The number of aromatic nitrogens is 1. The molecule has 0 bridgehead atoms. The molecule has 0 saturated carbocycles. The zero-order chi connectivity index (χ0) is 26.9. The highest BCUT2D eigenvalue weighted by molar-refractivity contribution is 7.15. The molecular formula is C25H33N3O6S2. The van der Waals surface area contributed by atoms with E-state index in [1.807, 2.05) is 44.4 Å². The van der Waals surface area contributed by atoms with Gasteiger partial charge in [-0.25, -0.2) is 4.98 Å². The molecule has 3 aromatic rings. The third kappa shape index (κ3) is 10.9. The molecule has 11 heteroatoms. The Hall–Kier alpha value is -3.44. The quantitative estimate of drug-likeness (QED) is 0.221. The molecule has 1 unspecified atom stereocenters. The fourth-order valence-corrected chi connectivity index (χ4v) is 4.36. The lowest BCUT2D eigenvalue weighted by atomic mass is 10.1. The molecule has 1 atom stereocenters. The predicted molar refractivity (Wildman–Crippen MR) is 142 cm³/mol. The summed E-state index contributed by atoms with van der Waals surface area (Å²) in [5, 5.41) is 24.4. The molecule has 9 nitrogen and oxygen atoms in total. The van der Waals surface area contributed by atoms with Crippen molar-refractivity contribution in [2.45, 2.75) is 46.6 Å². The molecule has 196 valence electrons. The van der Waals surface area contributed by atoms with Gasteiger partial charge in [-0.3, -0.25) is 14.4 Å². The van der Waals surface area contributed by atoms with Gasteiger partial charge in [-0.05, 0) is 55.8 Å². The van der Waals surface area contributed by atoms with Crippen molar-refractivity contribution in [2.75, 3.05) is 13.2 Å².